The highest BCUT2D eigenvalue weighted by atomic mass is 19.4. The molecule has 0 bridgehead atoms. The molecule has 0 unspecified atom stereocenters. The van der Waals surface area contributed by atoms with E-state index in [4.69, 9.17) is 0 Å². The lowest BCUT2D eigenvalue weighted by molar-refractivity contribution is -0.263. The Morgan fingerprint density at radius 1 is 1.13 bits per heavy atom. The van der Waals surface area contributed by atoms with Crippen LogP contribution >= 0.6 is 0 Å². The number of ether oxygens (including phenoxy) is 1. The molecule has 1 fully saturated rings. The minimum absolute atomic E-state index is 0.330. The Balaban J connectivity index is 2.48. The maximum Gasteiger partial charge on any atom is 0.402 e. The highest BCUT2D eigenvalue weighted by Gasteiger charge is 2.61. The Morgan fingerprint density at radius 2 is 1.73 bits per heavy atom. The van der Waals surface area contributed by atoms with Crippen LogP contribution in [0.15, 0.2) is 24.3 Å². The van der Waals surface area contributed by atoms with Crippen LogP contribution in [0, 0.1) is 5.82 Å². The lowest BCUT2D eigenvalue weighted by atomic mass is 9.77. The van der Waals surface area contributed by atoms with E-state index >= 15 is 0 Å². The van der Waals surface area contributed by atoms with Gasteiger partial charge in [0.05, 0.1) is 13.2 Å². The average Bonchev–Trinajstić information content (AvgIpc) is 2.03. The van der Waals surface area contributed by atoms with Crippen molar-refractivity contribution in [2.75, 3.05) is 13.2 Å². The van der Waals surface area contributed by atoms with Crippen LogP contribution in [0.2, 0.25) is 0 Å². The maximum absolute atomic E-state index is 13.3. The fourth-order valence-corrected chi connectivity index (χ4v) is 1.63. The van der Waals surface area contributed by atoms with Gasteiger partial charge in [0.25, 0.3) is 0 Å². The summed E-state index contributed by atoms with van der Waals surface area (Å²) in [4.78, 5) is 0. The van der Waals surface area contributed by atoms with Crippen molar-refractivity contribution < 1.29 is 22.3 Å². The van der Waals surface area contributed by atoms with Crippen LogP contribution in [-0.4, -0.2) is 19.4 Å². The highest BCUT2D eigenvalue weighted by molar-refractivity contribution is 5.31. The Hall–Kier alpha value is -1.10. The van der Waals surface area contributed by atoms with Gasteiger partial charge in [0.1, 0.15) is 11.2 Å². The molecule has 0 aromatic heterocycles. The zero-order valence-corrected chi connectivity index (χ0v) is 7.64. The number of halogens is 4. The highest BCUT2D eigenvalue weighted by Crippen LogP contribution is 2.47. The van der Waals surface area contributed by atoms with E-state index in [0.717, 1.165) is 12.1 Å². The van der Waals surface area contributed by atoms with Gasteiger partial charge in [-0.1, -0.05) is 18.2 Å². The van der Waals surface area contributed by atoms with Gasteiger partial charge in [-0.3, -0.25) is 0 Å². The van der Waals surface area contributed by atoms with Crippen molar-refractivity contribution in [2.45, 2.75) is 11.6 Å². The summed E-state index contributed by atoms with van der Waals surface area (Å²) >= 11 is 0. The van der Waals surface area contributed by atoms with Crippen molar-refractivity contribution in [3.8, 4) is 0 Å². The van der Waals surface area contributed by atoms with Crippen LogP contribution in [0.3, 0.4) is 0 Å². The maximum atomic E-state index is 13.3. The number of hydrogen-bond donors (Lipinski definition) is 0. The molecule has 82 valence electrons. The molecule has 1 aromatic carbocycles. The third-order valence-electron chi connectivity index (χ3n) is 2.63. The molecule has 1 aliphatic heterocycles. The molecule has 1 saturated heterocycles. The van der Waals surface area contributed by atoms with Gasteiger partial charge in [-0.2, -0.15) is 13.2 Å². The number of hydrogen-bond acceptors (Lipinski definition) is 1. The van der Waals surface area contributed by atoms with E-state index in [0.29, 0.717) is 0 Å². The van der Waals surface area contributed by atoms with Gasteiger partial charge in [-0.05, 0) is 6.07 Å². The quantitative estimate of drug-likeness (QED) is 0.661. The molecule has 0 amide bonds. The minimum Gasteiger partial charge on any atom is -0.379 e. The first-order valence-corrected chi connectivity index (χ1v) is 4.37. The van der Waals surface area contributed by atoms with Crippen LogP contribution in [-0.2, 0) is 10.2 Å². The topological polar surface area (TPSA) is 9.23 Å². The second-order valence-electron chi connectivity index (χ2n) is 3.55. The van der Waals surface area contributed by atoms with E-state index in [1.165, 1.54) is 12.1 Å². The third-order valence-corrected chi connectivity index (χ3v) is 2.63. The van der Waals surface area contributed by atoms with Gasteiger partial charge in [-0.15, -0.1) is 0 Å². The van der Waals surface area contributed by atoms with Crippen molar-refractivity contribution in [1.82, 2.24) is 0 Å². The standard InChI is InChI=1S/C10H8F4O/c11-8-4-2-1-3-7(8)9(5-15-6-9)10(12,13)14/h1-4H,5-6H2. The van der Waals surface area contributed by atoms with Gasteiger partial charge < -0.3 is 4.74 Å². The Labute approximate surface area is 83.7 Å². The normalized spacial score (nSPS) is 19.7. The summed E-state index contributed by atoms with van der Waals surface area (Å²) in [6.07, 6.45) is -4.48. The summed E-state index contributed by atoms with van der Waals surface area (Å²) in [5.74, 6) is -0.835. The van der Waals surface area contributed by atoms with Crippen LogP contribution in [0.1, 0.15) is 5.56 Å². The van der Waals surface area contributed by atoms with Gasteiger partial charge in [0.2, 0.25) is 0 Å². The van der Waals surface area contributed by atoms with E-state index < -0.39 is 30.6 Å². The first-order chi connectivity index (χ1) is 6.97. The molecular weight excluding hydrogens is 212 g/mol. The fraction of sp³-hybridized carbons (Fsp3) is 0.400. The molecule has 5 heteroatoms. The van der Waals surface area contributed by atoms with Gasteiger partial charge in [0, 0.05) is 5.56 Å². The fourth-order valence-electron chi connectivity index (χ4n) is 1.63. The summed E-state index contributed by atoms with van der Waals surface area (Å²) in [5.41, 5.74) is -2.48. The third kappa shape index (κ3) is 1.42. The molecule has 0 N–H and O–H groups in total. The molecule has 1 heterocycles. The smallest absolute Gasteiger partial charge is 0.379 e. The minimum atomic E-state index is -4.48. The molecule has 0 atom stereocenters. The zero-order chi connectivity index (χ0) is 11.1. The summed E-state index contributed by atoms with van der Waals surface area (Å²) in [6.45, 7) is -1.01. The van der Waals surface area contributed by atoms with E-state index in [1.54, 1.807) is 0 Å². The molecule has 1 aliphatic rings. The molecule has 15 heavy (non-hydrogen) atoms. The molecule has 1 nitrogen and oxygen atoms in total. The SMILES string of the molecule is Fc1ccccc1C1(C(F)(F)F)COC1. The Morgan fingerprint density at radius 3 is 2.13 bits per heavy atom. The van der Waals surface area contributed by atoms with Gasteiger partial charge in [0.15, 0.2) is 0 Å². The molecular formula is C10H8F4O. The van der Waals surface area contributed by atoms with Crippen LogP contribution in [0.4, 0.5) is 17.6 Å². The first kappa shape index (κ1) is 10.4. The Kier molecular flexibility index (Phi) is 2.22. The second-order valence-corrected chi connectivity index (χ2v) is 3.55. The van der Waals surface area contributed by atoms with Gasteiger partial charge >= 0.3 is 6.18 Å². The number of benzene rings is 1. The second kappa shape index (κ2) is 3.20. The number of alkyl halides is 3. The van der Waals surface area contributed by atoms with E-state index in [-0.39, 0.29) is 5.56 Å². The van der Waals surface area contributed by atoms with E-state index in [9.17, 15) is 17.6 Å². The molecule has 1 aromatic rings. The molecule has 2 rings (SSSR count). The largest absolute Gasteiger partial charge is 0.402 e. The van der Waals surface area contributed by atoms with Crippen molar-refractivity contribution >= 4 is 0 Å². The lowest BCUT2D eigenvalue weighted by Crippen LogP contribution is -2.57. The van der Waals surface area contributed by atoms with Crippen molar-refractivity contribution in [2.24, 2.45) is 0 Å². The van der Waals surface area contributed by atoms with Crippen LogP contribution < -0.4 is 0 Å². The van der Waals surface area contributed by atoms with Gasteiger partial charge in [-0.25, -0.2) is 4.39 Å². The number of rotatable bonds is 1. The summed E-state index contributed by atoms with van der Waals surface area (Å²) in [6, 6.07) is 4.94. The summed E-state index contributed by atoms with van der Waals surface area (Å²) in [7, 11) is 0. The lowest BCUT2D eigenvalue weighted by Gasteiger charge is -2.43. The predicted molar refractivity (Wildman–Crippen MR) is 45.0 cm³/mol. The van der Waals surface area contributed by atoms with Crippen LogP contribution in [0.5, 0.6) is 0 Å². The van der Waals surface area contributed by atoms with Crippen molar-refractivity contribution in [3.05, 3.63) is 35.6 Å². The molecule has 0 saturated carbocycles. The molecule has 0 radical (unpaired) electrons. The first-order valence-electron chi connectivity index (χ1n) is 4.37. The van der Waals surface area contributed by atoms with Crippen molar-refractivity contribution in [3.63, 3.8) is 0 Å². The molecule has 0 aliphatic carbocycles. The monoisotopic (exact) mass is 220 g/mol. The van der Waals surface area contributed by atoms with Crippen molar-refractivity contribution in [1.29, 1.82) is 0 Å². The molecule has 0 spiro atoms. The zero-order valence-electron chi connectivity index (χ0n) is 7.64. The van der Waals surface area contributed by atoms with E-state index in [1.807, 2.05) is 0 Å². The summed E-state index contributed by atoms with van der Waals surface area (Å²) < 4.78 is 56.2. The van der Waals surface area contributed by atoms with Crippen LogP contribution in [0.25, 0.3) is 0 Å². The Bertz CT molecular complexity index is 368. The predicted octanol–water partition coefficient (Wildman–Crippen LogP) is 2.66. The van der Waals surface area contributed by atoms with E-state index in [2.05, 4.69) is 4.74 Å². The average molecular weight is 220 g/mol. The summed E-state index contributed by atoms with van der Waals surface area (Å²) in [5, 5.41) is 0.